The van der Waals surface area contributed by atoms with Crippen molar-refractivity contribution in [2.75, 3.05) is 37.7 Å². The number of halogens is 1. The van der Waals surface area contributed by atoms with Crippen molar-refractivity contribution in [3.8, 4) is 0 Å². The molecule has 2 unspecified atom stereocenters. The second kappa shape index (κ2) is 20.9. The van der Waals surface area contributed by atoms with Crippen molar-refractivity contribution in [1.29, 1.82) is 0 Å². The van der Waals surface area contributed by atoms with Gasteiger partial charge in [0.15, 0.2) is 0 Å². The Kier molecular flexibility index (Phi) is 14.7. The van der Waals surface area contributed by atoms with Crippen molar-refractivity contribution >= 4 is 59.6 Å². The van der Waals surface area contributed by atoms with Crippen LogP contribution in [-0.2, 0) is 0 Å². The van der Waals surface area contributed by atoms with E-state index in [-0.39, 0.29) is 12.4 Å². The maximum atomic E-state index is 2.97. The predicted molar refractivity (Wildman–Crippen MR) is 272 cm³/mol. The number of fused-ring (bicyclic) bond motifs is 4. The fraction of sp³-hybridized carbons (Fsp3) is 0.448. The molecule has 6 aliphatic rings. The highest BCUT2D eigenvalue weighted by atomic mass is 35.5. The molecule has 324 valence electrons. The summed E-state index contributed by atoms with van der Waals surface area (Å²) >= 11 is 2.30. The molecule has 2 nitrogen and oxygen atoms in total. The van der Waals surface area contributed by atoms with Crippen LogP contribution in [0.15, 0.2) is 108 Å². The lowest BCUT2D eigenvalue weighted by Crippen LogP contribution is -2.45. The standard InChI is InChI=1S/C58H68N2S.ClH/c1-3-19-47(20-4-1)55(59-37-31-49(32-38-59)57-51-23-11-7-15-43(51)27-28-44-16-8-12-24-52(44)57)35-41-61-42-36-56(48-21-5-2-6-22-48)60-39-33-50(34-40-60)58-53-25-13-9-17-45(53)29-30-46-18-10-14-26-54(46)58;/h7-18,23-30,47-48,55-56H,1-6,19-22,31-42H2;1H. The van der Waals surface area contributed by atoms with E-state index in [1.165, 1.54) is 196 Å². The predicted octanol–water partition coefficient (Wildman–Crippen LogP) is 15.0. The fourth-order valence-electron chi connectivity index (χ4n) is 12.6. The summed E-state index contributed by atoms with van der Waals surface area (Å²) in [7, 11) is 0. The molecule has 0 spiro atoms. The van der Waals surface area contributed by atoms with Gasteiger partial charge in [-0.3, -0.25) is 9.80 Å². The number of hydrogen-bond donors (Lipinski definition) is 0. The molecule has 10 rings (SSSR count). The molecule has 2 saturated heterocycles. The van der Waals surface area contributed by atoms with Crippen molar-refractivity contribution in [1.82, 2.24) is 9.80 Å². The van der Waals surface area contributed by atoms with E-state index in [1.54, 1.807) is 11.1 Å². The van der Waals surface area contributed by atoms with Gasteiger partial charge < -0.3 is 0 Å². The van der Waals surface area contributed by atoms with E-state index in [4.69, 9.17) is 0 Å². The summed E-state index contributed by atoms with van der Waals surface area (Å²) in [4.78, 5) is 5.94. The molecule has 0 bridgehead atoms. The molecule has 0 N–H and O–H groups in total. The number of likely N-dealkylation sites (tertiary alicyclic amines) is 2. The lowest BCUT2D eigenvalue weighted by atomic mass is 9.80. The first-order valence-electron chi connectivity index (χ1n) is 24.5. The zero-order valence-corrected chi connectivity index (χ0v) is 38.8. The van der Waals surface area contributed by atoms with Crippen LogP contribution in [0.5, 0.6) is 0 Å². The van der Waals surface area contributed by atoms with Crippen LogP contribution in [0.3, 0.4) is 0 Å². The lowest BCUT2D eigenvalue weighted by molar-refractivity contribution is 0.105. The molecule has 2 heterocycles. The van der Waals surface area contributed by atoms with Crippen molar-refractivity contribution < 1.29 is 0 Å². The van der Waals surface area contributed by atoms with Crippen molar-refractivity contribution in [2.45, 2.75) is 115 Å². The summed E-state index contributed by atoms with van der Waals surface area (Å²) in [5, 5.41) is 0. The largest absolute Gasteiger partial charge is 0.299 e. The molecule has 0 radical (unpaired) electrons. The first-order valence-corrected chi connectivity index (χ1v) is 25.7. The third-order valence-electron chi connectivity index (χ3n) is 15.8. The Morgan fingerprint density at radius 2 is 0.726 bits per heavy atom. The molecule has 2 aliphatic heterocycles. The van der Waals surface area contributed by atoms with Gasteiger partial charge in [0.05, 0.1) is 0 Å². The summed E-state index contributed by atoms with van der Waals surface area (Å²) in [5.74, 6) is 4.39. The summed E-state index contributed by atoms with van der Waals surface area (Å²) in [6.07, 6.45) is 31.2. The van der Waals surface area contributed by atoms with Crippen LogP contribution in [-0.4, -0.2) is 59.6 Å². The van der Waals surface area contributed by atoms with Gasteiger partial charge >= 0.3 is 0 Å². The lowest BCUT2D eigenvalue weighted by Gasteiger charge is -2.42. The van der Waals surface area contributed by atoms with E-state index in [0.717, 1.165) is 23.9 Å². The van der Waals surface area contributed by atoms with Gasteiger partial charge in [0.1, 0.15) is 0 Å². The first-order chi connectivity index (χ1) is 30.3. The van der Waals surface area contributed by atoms with Gasteiger partial charge in [0.25, 0.3) is 0 Å². The smallest absolute Gasteiger partial charge is 0.0132 e. The van der Waals surface area contributed by atoms with E-state index in [2.05, 4.69) is 143 Å². The molecular weight excluding hydrogens is 792 g/mol. The van der Waals surface area contributed by atoms with Crippen LogP contribution in [0.25, 0.3) is 35.5 Å². The third kappa shape index (κ3) is 9.58. The maximum absolute atomic E-state index is 2.97. The zero-order valence-electron chi connectivity index (χ0n) is 37.1. The second-order valence-corrected chi connectivity index (χ2v) is 20.4. The Labute approximate surface area is 384 Å². The van der Waals surface area contributed by atoms with Crippen LogP contribution in [0.4, 0.5) is 0 Å². The highest BCUT2D eigenvalue weighted by Gasteiger charge is 2.34. The normalized spacial score (nSPS) is 20.9. The monoisotopic (exact) mass is 860 g/mol. The minimum atomic E-state index is 0. The van der Waals surface area contributed by atoms with E-state index in [1.807, 2.05) is 0 Å². The summed E-state index contributed by atoms with van der Waals surface area (Å²) in [5.41, 5.74) is 17.5. The van der Waals surface area contributed by atoms with E-state index in [0.29, 0.717) is 0 Å². The summed E-state index contributed by atoms with van der Waals surface area (Å²) in [6, 6.07) is 37.9. The number of hydrogen-bond acceptors (Lipinski definition) is 3. The molecule has 4 aromatic rings. The van der Waals surface area contributed by atoms with Crippen molar-refractivity contribution in [2.24, 2.45) is 11.8 Å². The number of benzene rings is 4. The number of thioether (sulfide) groups is 1. The molecule has 0 amide bonds. The minimum absolute atomic E-state index is 0. The number of nitrogens with zero attached hydrogens (tertiary/aromatic N) is 2. The second-order valence-electron chi connectivity index (χ2n) is 19.2. The SMILES string of the molecule is C1=Cc2ccccc2C(=C2CCN(C(CCSCCC(C3CCCCC3)N3CCC(=C4c5ccccc5C=Cc5ccccc54)CC3)C3CCCCC3)CC2)c2ccccc21.Cl. The maximum Gasteiger partial charge on any atom is 0.0132 e. The number of piperidine rings is 2. The van der Waals surface area contributed by atoms with Gasteiger partial charge in [0.2, 0.25) is 0 Å². The molecule has 0 aromatic heterocycles. The van der Waals surface area contributed by atoms with Crippen molar-refractivity contribution in [3.63, 3.8) is 0 Å². The number of rotatable bonds is 10. The molecule has 2 saturated carbocycles. The van der Waals surface area contributed by atoms with Crippen LogP contribution in [0.1, 0.15) is 147 Å². The Bertz CT molecular complexity index is 1990. The molecule has 62 heavy (non-hydrogen) atoms. The van der Waals surface area contributed by atoms with Crippen LogP contribution in [0.2, 0.25) is 0 Å². The third-order valence-corrected chi connectivity index (χ3v) is 16.8. The highest BCUT2D eigenvalue weighted by molar-refractivity contribution is 7.99. The van der Waals surface area contributed by atoms with Gasteiger partial charge in [-0.2, -0.15) is 11.8 Å². The van der Waals surface area contributed by atoms with Gasteiger partial charge in [0, 0.05) is 38.3 Å². The van der Waals surface area contributed by atoms with Crippen LogP contribution in [0, 0.1) is 11.8 Å². The van der Waals surface area contributed by atoms with Gasteiger partial charge in [-0.15, -0.1) is 12.4 Å². The minimum Gasteiger partial charge on any atom is -0.299 e. The average Bonchev–Trinajstić information content (AvgIpc) is 3.61. The molecule has 2 atom stereocenters. The Hall–Kier alpha value is -3.60. The fourth-order valence-corrected chi connectivity index (χ4v) is 13.6. The van der Waals surface area contributed by atoms with Gasteiger partial charge in [-0.1, -0.05) is 171 Å². The molecule has 4 fully saturated rings. The summed E-state index contributed by atoms with van der Waals surface area (Å²) < 4.78 is 0. The quantitative estimate of drug-likeness (QED) is 0.127. The topological polar surface area (TPSA) is 6.48 Å². The molecule has 4 heteroatoms. The van der Waals surface area contributed by atoms with Crippen molar-refractivity contribution in [3.05, 3.63) is 153 Å². The Balaban J connectivity index is 0.00000490. The van der Waals surface area contributed by atoms with Crippen LogP contribution >= 0.6 is 24.2 Å². The van der Waals surface area contributed by atoms with E-state index >= 15 is 0 Å². The van der Waals surface area contributed by atoms with E-state index < -0.39 is 0 Å². The highest BCUT2D eigenvalue weighted by Crippen LogP contribution is 2.43. The Morgan fingerprint density at radius 1 is 0.419 bits per heavy atom. The summed E-state index contributed by atoms with van der Waals surface area (Å²) in [6.45, 7) is 4.86. The zero-order chi connectivity index (χ0) is 40.8. The van der Waals surface area contributed by atoms with Gasteiger partial charge in [-0.25, -0.2) is 0 Å². The average molecular weight is 862 g/mol. The molecule has 4 aliphatic carbocycles. The van der Waals surface area contributed by atoms with Crippen LogP contribution < -0.4 is 0 Å². The van der Waals surface area contributed by atoms with E-state index in [9.17, 15) is 0 Å². The van der Waals surface area contributed by atoms with Gasteiger partial charge in [-0.05, 0) is 143 Å². The first kappa shape index (κ1) is 43.6. The molecular formula is C58H69ClN2S. The molecule has 4 aromatic carbocycles. The Morgan fingerprint density at radius 3 is 1.05 bits per heavy atom.